The van der Waals surface area contributed by atoms with Crippen LogP contribution in [0.25, 0.3) is 4.91 Å². The first-order chi connectivity index (χ1) is 13.5. The lowest BCUT2D eigenvalue weighted by atomic mass is 10.1. The first-order valence-electron chi connectivity index (χ1n) is 8.64. The molecule has 0 amide bonds. The van der Waals surface area contributed by atoms with Crippen LogP contribution in [-0.4, -0.2) is 24.1 Å². The van der Waals surface area contributed by atoms with Crippen molar-refractivity contribution in [1.82, 2.24) is 9.47 Å². The van der Waals surface area contributed by atoms with Crippen molar-refractivity contribution in [1.29, 1.82) is 0 Å². The number of para-hydroxylation sites is 1. The molecule has 0 N–H and O–H groups in total. The lowest BCUT2D eigenvalue weighted by Crippen LogP contribution is -2.32. The van der Waals surface area contributed by atoms with Crippen LogP contribution in [0.1, 0.15) is 5.56 Å². The smallest absolute Gasteiger partial charge is 0.283 e. The van der Waals surface area contributed by atoms with E-state index in [0.29, 0.717) is 9.38 Å². The minimum Gasteiger partial charge on any atom is -0.497 e. The van der Waals surface area contributed by atoms with Gasteiger partial charge in [0.25, 0.3) is 5.69 Å². The van der Waals surface area contributed by atoms with Crippen LogP contribution in [0, 0.1) is 10.1 Å². The van der Waals surface area contributed by atoms with Crippen molar-refractivity contribution in [3.8, 4) is 5.75 Å². The average molecular weight is 429 g/mol. The van der Waals surface area contributed by atoms with Gasteiger partial charge in [0.15, 0.2) is 5.69 Å². The molecule has 0 fully saturated rings. The van der Waals surface area contributed by atoms with Gasteiger partial charge in [0.2, 0.25) is 5.82 Å². The molecule has 0 saturated carbocycles. The number of methoxy groups -OCH3 is 1. The quantitative estimate of drug-likeness (QED) is 0.292. The van der Waals surface area contributed by atoms with Crippen LogP contribution < -0.4 is 9.22 Å². The Morgan fingerprint density at radius 2 is 1.86 bits per heavy atom. The summed E-state index contributed by atoms with van der Waals surface area (Å²) in [4.78, 5) is 17.2. The van der Waals surface area contributed by atoms with Gasteiger partial charge in [-0.05, 0) is 24.3 Å². The molecule has 6 nitrogen and oxygen atoms in total. The van der Waals surface area contributed by atoms with Crippen molar-refractivity contribution in [3.63, 3.8) is 0 Å². The zero-order valence-electron chi connectivity index (χ0n) is 15.8. The number of halogens is 1. The molecule has 1 aliphatic heterocycles. The number of nitro groups is 1. The van der Waals surface area contributed by atoms with Gasteiger partial charge in [0.1, 0.15) is 11.9 Å². The highest BCUT2D eigenvalue weighted by molar-refractivity contribution is 8.08. The third kappa shape index (κ3) is 3.72. The number of pyridine rings is 1. The Balaban J connectivity index is 0.00000240. The first-order valence-corrected chi connectivity index (χ1v) is 9.45. The van der Waals surface area contributed by atoms with Gasteiger partial charge in [-0.25, -0.2) is 9.47 Å². The highest BCUT2D eigenvalue weighted by Crippen LogP contribution is 2.52. The zero-order valence-corrected chi connectivity index (χ0v) is 17.4. The van der Waals surface area contributed by atoms with Crippen molar-refractivity contribution < 1.29 is 9.66 Å². The number of ether oxygens (including phenoxy) is 1. The molecule has 3 aromatic rings. The summed E-state index contributed by atoms with van der Waals surface area (Å²) in [5.74, 6) is 1.61. The number of hydrogen-bond acceptors (Lipinski definition) is 5. The Labute approximate surface area is 179 Å². The summed E-state index contributed by atoms with van der Waals surface area (Å²) in [6, 6.07) is 18.5. The predicted octanol–water partition coefficient (Wildman–Crippen LogP) is 5.79. The number of thioether (sulfide) groups is 1. The minimum atomic E-state index is -0.348. The third-order valence-electron chi connectivity index (χ3n) is 4.75. The molecule has 0 radical (unpaired) electrons. The van der Waals surface area contributed by atoms with E-state index in [2.05, 4.69) is 11.2 Å². The maximum Gasteiger partial charge on any atom is 0.283 e. The van der Waals surface area contributed by atoms with Crippen LogP contribution in [0.3, 0.4) is 0 Å². The molecule has 2 heterocycles. The van der Waals surface area contributed by atoms with Crippen molar-refractivity contribution in [2.45, 2.75) is 4.90 Å². The van der Waals surface area contributed by atoms with E-state index in [1.165, 1.54) is 17.8 Å². The molecule has 1 aromatic heterocycles. The fraction of sp³-hybridized carbons (Fsp3) is 0.0952. The molecule has 0 spiro atoms. The van der Waals surface area contributed by atoms with E-state index >= 15 is 0 Å². The van der Waals surface area contributed by atoms with E-state index in [4.69, 9.17) is 4.74 Å². The number of quaternary nitrogens is 1. The number of aromatic nitrogens is 1. The molecule has 4 rings (SSSR count). The van der Waals surface area contributed by atoms with Gasteiger partial charge in [-0.1, -0.05) is 30.0 Å². The molecule has 1 aliphatic rings. The van der Waals surface area contributed by atoms with Crippen LogP contribution in [0.4, 0.5) is 17.2 Å². The minimum absolute atomic E-state index is 0. The molecule has 148 valence electrons. The molecule has 8 heteroatoms. The summed E-state index contributed by atoms with van der Waals surface area (Å²) in [6.07, 6.45) is 3.84. The Kier molecular flexibility index (Phi) is 5.93. The van der Waals surface area contributed by atoms with Gasteiger partial charge in [0, 0.05) is 24.4 Å². The lowest BCUT2D eigenvalue weighted by molar-refractivity contribution is -0.387. The van der Waals surface area contributed by atoms with Crippen LogP contribution >= 0.6 is 24.2 Å². The molecule has 0 aliphatic carbocycles. The van der Waals surface area contributed by atoms with Crippen molar-refractivity contribution in [2.24, 2.45) is 0 Å². The van der Waals surface area contributed by atoms with E-state index in [9.17, 15) is 10.1 Å². The third-order valence-corrected chi connectivity index (χ3v) is 5.86. The number of nitrogens with zero attached hydrogens (tertiary/aromatic N) is 3. The second-order valence-electron chi connectivity index (χ2n) is 6.47. The monoisotopic (exact) mass is 428 g/mol. The molecule has 29 heavy (non-hydrogen) atoms. The van der Waals surface area contributed by atoms with Crippen LogP contribution in [0.15, 0.2) is 78.0 Å². The van der Waals surface area contributed by atoms with Crippen molar-refractivity contribution >= 4 is 46.3 Å². The predicted molar refractivity (Wildman–Crippen MR) is 119 cm³/mol. The van der Waals surface area contributed by atoms with Gasteiger partial charge < -0.3 is 4.74 Å². The summed E-state index contributed by atoms with van der Waals surface area (Å²) in [5.41, 5.74) is 2.12. The fourth-order valence-corrected chi connectivity index (χ4v) is 4.49. The van der Waals surface area contributed by atoms with Crippen LogP contribution in [0.5, 0.6) is 5.75 Å². The Hall–Kier alpha value is -2.87. The highest BCUT2D eigenvalue weighted by Gasteiger charge is 2.39. The number of fused-ring (bicyclic) bond motifs is 1. The van der Waals surface area contributed by atoms with Gasteiger partial charge in [-0.15, -0.1) is 12.4 Å². The number of rotatable bonds is 5. The molecule has 0 saturated heterocycles. The second kappa shape index (κ2) is 8.24. The highest BCUT2D eigenvalue weighted by atomic mass is 35.5. The van der Waals surface area contributed by atoms with E-state index < -0.39 is 0 Å². The maximum atomic E-state index is 11.4. The van der Waals surface area contributed by atoms with Crippen LogP contribution in [-0.2, 0) is 0 Å². The Bertz CT molecular complexity index is 1090. The molecular formula is C21H19ClN3O3S+. The summed E-state index contributed by atoms with van der Waals surface area (Å²) >= 11 is 1.39. The summed E-state index contributed by atoms with van der Waals surface area (Å²) in [7, 11) is 3.69. The zero-order chi connectivity index (χ0) is 19.7. The lowest BCUT2D eigenvalue weighted by Gasteiger charge is -2.25. The molecular weight excluding hydrogens is 410 g/mol. The maximum absolute atomic E-state index is 11.4. The van der Waals surface area contributed by atoms with E-state index in [1.807, 2.05) is 49.5 Å². The molecule has 1 unspecified atom stereocenters. The summed E-state index contributed by atoms with van der Waals surface area (Å²) in [5, 5.41) is 11.4. The fourth-order valence-electron chi connectivity index (χ4n) is 3.32. The van der Waals surface area contributed by atoms with Crippen molar-refractivity contribution in [3.05, 3.63) is 88.7 Å². The summed E-state index contributed by atoms with van der Waals surface area (Å²) < 4.78 is 5.78. The van der Waals surface area contributed by atoms with Gasteiger partial charge >= 0.3 is 0 Å². The SMILES string of the molecule is COc1ccc2c(c1)[N+](C)(c1ccccn1)C=C2Sc1ccccc1[N+](=O)[O-].Cl. The normalized spacial score (nSPS) is 17.1. The largest absolute Gasteiger partial charge is 0.497 e. The number of hydrogen-bond donors (Lipinski definition) is 0. The van der Waals surface area contributed by atoms with Crippen LogP contribution in [0.2, 0.25) is 0 Å². The summed E-state index contributed by atoms with van der Waals surface area (Å²) in [6.45, 7) is 0. The number of nitro benzene ring substituents is 1. The van der Waals surface area contributed by atoms with E-state index in [0.717, 1.165) is 27.7 Å². The van der Waals surface area contributed by atoms with Crippen molar-refractivity contribution in [2.75, 3.05) is 14.2 Å². The van der Waals surface area contributed by atoms with E-state index in [-0.39, 0.29) is 23.0 Å². The molecule has 0 bridgehead atoms. The molecule has 2 aromatic carbocycles. The van der Waals surface area contributed by atoms with Gasteiger partial charge in [-0.2, -0.15) is 0 Å². The van der Waals surface area contributed by atoms with Gasteiger partial charge in [0.05, 0.1) is 34.4 Å². The second-order valence-corrected chi connectivity index (χ2v) is 7.55. The standard InChI is InChI=1S/C21H18N3O3S.ClH/c1-24(21-9-5-6-12-22-21)14-20(16-11-10-15(27-2)13-18(16)24)28-19-8-4-3-7-17(19)23(25)26;/h3-14H,1-2H3;1H/q+1;. The van der Waals surface area contributed by atoms with Gasteiger partial charge in [-0.3, -0.25) is 10.1 Å². The van der Waals surface area contributed by atoms with E-state index in [1.54, 1.807) is 25.4 Å². The first kappa shape index (κ1) is 20.9. The Morgan fingerprint density at radius 1 is 1.10 bits per heavy atom. The average Bonchev–Trinajstić information content (AvgIpc) is 3.01. The number of benzene rings is 2. The topological polar surface area (TPSA) is 65.3 Å². The Morgan fingerprint density at radius 3 is 2.55 bits per heavy atom. The molecule has 1 atom stereocenters.